The fraction of sp³-hybridized carbons (Fsp3) is 0.250. The molecule has 0 aliphatic carbocycles. The van der Waals surface area contributed by atoms with Crippen molar-refractivity contribution in [3.63, 3.8) is 0 Å². The Kier molecular flexibility index (Phi) is 5.26. The minimum absolute atomic E-state index is 0.112. The van der Waals surface area contributed by atoms with Gasteiger partial charge in [-0.2, -0.15) is 5.10 Å². The van der Waals surface area contributed by atoms with Crippen molar-refractivity contribution < 1.29 is 8.42 Å². The lowest BCUT2D eigenvalue weighted by atomic mass is 10.3. The van der Waals surface area contributed by atoms with Crippen molar-refractivity contribution >= 4 is 43.2 Å². The Morgan fingerprint density at radius 1 is 1.43 bits per heavy atom. The normalized spacial score (nSPS) is 11.6. The summed E-state index contributed by atoms with van der Waals surface area (Å²) in [6.07, 6.45) is 2.81. The lowest BCUT2D eigenvalue weighted by Crippen LogP contribution is -2.15. The molecule has 2 aromatic rings. The second kappa shape index (κ2) is 6.78. The Morgan fingerprint density at radius 3 is 2.86 bits per heavy atom. The number of anilines is 1. The summed E-state index contributed by atoms with van der Waals surface area (Å²) in [7, 11) is -1.86. The van der Waals surface area contributed by atoms with Crippen molar-refractivity contribution in [2.45, 2.75) is 11.4 Å². The van der Waals surface area contributed by atoms with Crippen molar-refractivity contribution in [3.05, 3.63) is 40.1 Å². The highest BCUT2D eigenvalue weighted by atomic mass is 79.9. The first-order chi connectivity index (χ1) is 9.92. The standard InChI is InChI=1S/C12H14BrClN4O2S/c1-15-4-5-18-8-10(7-16-18)21(19,20)17-12-3-2-9(14)6-11(12)13/h2-3,6-8,15,17H,4-5H2,1H3. The quantitative estimate of drug-likeness (QED) is 0.790. The van der Waals surface area contributed by atoms with Gasteiger partial charge in [0.05, 0.1) is 18.4 Å². The summed E-state index contributed by atoms with van der Waals surface area (Å²) < 4.78 is 29.2. The lowest BCUT2D eigenvalue weighted by molar-refractivity contribution is 0.582. The molecule has 0 amide bonds. The van der Waals surface area contributed by atoms with Crippen LogP contribution >= 0.6 is 27.5 Å². The summed E-state index contributed by atoms with van der Waals surface area (Å²) in [4.78, 5) is 0.112. The molecular weight excluding hydrogens is 380 g/mol. The predicted molar refractivity (Wildman–Crippen MR) is 86.1 cm³/mol. The Morgan fingerprint density at radius 2 is 2.19 bits per heavy atom. The SMILES string of the molecule is CNCCn1cc(S(=O)(=O)Nc2ccc(Cl)cc2Br)cn1. The van der Waals surface area contributed by atoms with E-state index in [1.807, 2.05) is 7.05 Å². The average molecular weight is 394 g/mol. The van der Waals surface area contributed by atoms with Crippen molar-refractivity contribution in [3.8, 4) is 0 Å². The first-order valence-electron chi connectivity index (χ1n) is 6.07. The van der Waals surface area contributed by atoms with Crippen LogP contribution in [0.15, 0.2) is 40.0 Å². The summed E-state index contributed by atoms with van der Waals surface area (Å²) in [5.41, 5.74) is 0.419. The third-order valence-electron chi connectivity index (χ3n) is 2.69. The van der Waals surface area contributed by atoms with E-state index >= 15 is 0 Å². The molecule has 0 unspecified atom stereocenters. The maximum absolute atomic E-state index is 12.3. The van der Waals surface area contributed by atoms with Crippen LogP contribution in [0.4, 0.5) is 5.69 Å². The van der Waals surface area contributed by atoms with Gasteiger partial charge in [0.1, 0.15) is 4.90 Å². The molecule has 0 radical (unpaired) electrons. The van der Waals surface area contributed by atoms with Crippen LogP contribution in [0.2, 0.25) is 5.02 Å². The summed E-state index contributed by atoms with van der Waals surface area (Å²) in [6.45, 7) is 1.30. The molecule has 1 aromatic heterocycles. The molecular formula is C12H14BrClN4O2S. The van der Waals surface area contributed by atoms with E-state index in [1.165, 1.54) is 12.4 Å². The minimum Gasteiger partial charge on any atom is -0.318 e. The van der Waals surface area contributed by atoms with Crippen LogP contribution in [-0.2, 0) is 16.6 Å². The molecule has 0 saturated heterocycles. The van der Waals surface area contributed by atoms with Crippen molar-refractivity contribution in [2.75, 3.05) is 18.3 Å². The number of hydrogen-bond donors (Lipinski definition) is 2. The number of halogens is 2. The molecule has 0 bridgehead atoms. The van der Waals surface area contributed by atoms with Gasteiger partial charge in [0.2, 0.25) is 0 Å². The fourth-order valence-corrected chi connectivity index (χ4v) is 3.55. The molecule has 0 atom stereocenters. The summed E-state index contributed by atoms with van der Waals surface area (Å²) in [6, 6.07) is 4.83. The number of hydrogen-bond acceptors (Lipinski definition) is 4. The van der Waals surface area contributed by atoms with Gasteiger partial charge in [0.15, 0.2) is 0 Å². The molecule has 1 heterocycles. The molecule has 0 saturated carbocycles. The van der Waals surface area contributed by atoms with E-state index in [2.05, 4.69) is 31.1 Å². The van der Waals surface area contributed by atoms with Crippen LogP contribution in [0, 0.1) is 0 Å². The lowest BCUT2D eigenvalue weighted by Gasteiger charge is -2.08. The third kappa shape index (κ3) is 4.19. The highest BCUT2D eigenvalue weighted by Gasteiger charge is 2.18. The predicted octanol–water partition coefficient (Wildman–Crippen LogP) is 2.32. The zero-order valence-corrected chi connectivity index (χ0v) is 14.3. The van der Waals surface area contributed by atoms with Crippen LogP contribution < -0.4 is 10.0 Å². The molecule has 0 aliphatic heterocycles. The van der Waals surface area contributed by atoms with E-state index in [0.717, 1.165) is 0 Å². The Labute approximate surface area is 136 Å². The second-order valence-corrected chi connectivity index (χ2v) is 7.25. The van der Waals surface area contributed by atoms with Gasteiger partial charge in [0.25, 0.3) is 10.0 Å². The molecule has 21 heavy (non-hydrogen) atoms. The van der Waals surface area contributed by atoms with Gasteiger partial charge in [-0.3, -0.25) is 9.40 Å². The number of nitrogens with zero attached hydrogens (tertiary/aromatic N) is 2. The molecule has 9 heteroatoms. The minimum atomic E-state index is -3.68. The number of aromatic nitrogens is 2. The number of benzene rings is 1. The highest BCUT2D eigenvalue weighted by Crippen LogP contribution is 2.27. The van der Waals surface area contributed by atoms with Crippen LogP contribution in [0.25, 0.3) is 0 Å². The first-order valence-corrected chi connectivity index (χ1v) is 8.73. The molecule has 0 aliphatic rings. The topological polar surface area (TPSA) is 76.0 Å². The van der Waals surface area contributed by atoms with Gasteiger partial charge in [-0.1, -0.05) is 11.6 Å². The largest absolute Gasteiger partial charge is 0.318 e. The van der Waals surface area contributed by atoms with Crippen LogP contribution in [0.3, 0.4) is 0 Å². The summed E-state index contributed by atoms with van der Waals surface area (Å²) in [5, 5.41) is 7.51. The Bertz CT molecular complexity index is 733. The summed E-state index contributed by atoms with van der Waals surface area (Å²) >= 11 is 9.10. The summed E-state index contributed by atoms with van der Waals surface area (Å²) in [5.74, 6) is 0. The molecule has 2 N–H and O–H groups in total. The Balaban J connectivity index is 2.19. The molecule has 114 valence electrons. The van der Waals surface area contributed by atoms with E-state index in [4.69, 9.17) is 11.6 Å². The van der Waals surface area contributed by atoms with Gasteiger partial charge in [-0.05, 0) is 41.2 Å². The van der Waals surface area contributed by atoms with E-state index < -0.39 is 10.0 Å². The zero-order chi connectivity index (χ0) is 15.5. The molecule has 2 rings (SSSR count). The van der Waals surface area contributed by atoms with Gasteiger partial charge < -0.3 is 5.32 Å². The maximum atomic E-state index is 12.3. The van der Waals surface area contributed by atoms with Crippen molar-refractivity contribution in [1.29, 1.82) is 0 Å². The molecule has 0 spiro atoms. The zero-order valence-electron chi connectivity index (χ0n) is 11.2. The monoisotopic (exact) mass is 392 g/mol. The third-order valence-corrected chi connectivity index (χ3v) is 4.90. The second-order valence-electron chi connectivity index (χ2n) is 4.27. The first kappa shape index (κ1) is 16.3. The maximum Gasteiger partial charge on any atom is 0.265 e. The van der Waals surface area contributed by atoms with Crippen molar-refractivity contribution in [2.24, 2.45) is 0 Å². The molecule has 0 fully saturated rings. The number of nitrogens with one attached hydrogen (secondary N) is 2. The van der Waals surface area contributed by atoms with E-state index in [9.17, 15) is 8.42 Å². The van der Waals surface area contributed by atoms with Crippen LogP contribution in [-0.4, -0.2) is 31.8 Å². The average Bonchev–Trinajstić information content (AvgIpc) is 2.89. The molecule has 1 aromatic carbocycles. The smallest absolute Gasteiger partial charge is 0.265 e. The van der Waals surface area contributed by atoms with Crippen molar-refractivity contribution in [1.82, 2.24) is 15.1 Å². The van der Waals surface area contributed by atoms with Gasteiger partial charge in [-0.25, -0.2) is 8.42 Å². The van der Waals surface area contributed by atoms with Crippen LogP contribution in [0.5, 0.6) is 0 Å². The van der Waals surface area contributed by atoms with E-state index in [0.29, 0.717) is 28.3 Å². The number of likely N-dealkylation sites (N-methyl/N-ethyl adjacent to an activating group) is 1. The number of rotatable bonds is 6. The van der Waals surface area contributed by atoms with Crippen LogP contribution in [0.1, 0.15) is 0 Å². The molecule has 6 nitrogen and oxygen atoms in total. The van der Waals surface area contributed by atoms with Gasteiger partial charge in [-0.15, -0.1) is 0 Å². The number of sulfonamides is 1. The van der Waals surface area contributed by atoms with Gasteiger partial charge in [0, 0.05) is 22.2 Å². The highest BCUT2D eigenvalue weighted by molar-refractivity contribution is 9.10. The Hall–Kier alpha value is -1.09. The fourth-order valence-electron chi connectivity index (χ4n) is 1.61. The van der Waals surface area contributed by atoms with E-state index in [-0.39, 0.29) is 4.90 Å². The van der Waals surface area contributed by atoms with E-state index in [1.54, 1.807) is 22.9 Å². The van der Waals surface area contributed by atoms with Gasteiger partial charge >= 0.3 is 0 Å².